The third kappa shape index (κ3) is 3.01. The van der Waals surface area contributed by atoms with Gasteiger partial charge in [-0.05, 0) is 14.1 Å². The number of aromatic nitrogens is 4. The van der Waals surface area contributed by atoms with Crippen LogP contribution in [0.4, 0.5) is 0 Å². The van der Waals surface area contributed by atoms with Crippen molar-refractivity contribution in [3.05, 3.63) is 29.4 Å². The number of rotatable bonds is 3. The molecule has 90 valence electrons. The summed E-state index contributed by atoms with van der Waals surface area (Å²) in [5.41, 5.74) is 1.74. The zero-order valence-corrected chi connectivity index (χ0v) is 10.8. The van der Waals surface area contributed by atoms with Crippen LogP contribution in [-0.2, 0) is 13.6 Å². The van der Waals surface area contributed by atoms with Crippen LogP contribution < -0.4 is 0 Å². The van der Waals surface area contributed by atoms with Crippen LogP contribution in [-0.4, -0.2) is 38.7 Å². The van der Waals surface area contributed by atoms with E-state index in [0.717, 1.165) is 11.3 Å². The number of hydrogen-bond acceptors (Lipinski definition) is 4. The highest BCUT2D eigenvalue weighted by atomic mass is 35.5. The van der Waals surface area contributed by atoms with E-state index in [9.17, 15) is 0 Å². The smallest absolute Gasteiger partial charge is 0.144 e. The maximum absolute atomic E-state index is 5.99. The van der Waals surface area contributed by atoms with Crippen molar-refractivity contribution in [3.63, 3.8) is 0 Å². The highest BCUT2D eigenvalue weighted by Gasteiger charge is 2.07. The molecule has 5 nitrogen and oxygen atoms in total. The maximum Gasteiger partial charge on any atom is 0.144 e. The van der Waals surface area contributed by atoms with Crippen molar-refractivity contribution in [2.75, 3.05) is 14.1 Å². The first-order chi connectivity index (χ1) is 8.04. The van der Waals surface area contributed by atoms with Crippen LogP contribution in [0.3, 0.4) is 0 Å². The van der Waals surface area contributed by atoms with Gasteiger partial charge in [-0.1, -0.05) is 11.6 Å². The Hall–Kier alpha value is -1.46. The molecule has 2 rings (SSSR count). The standard InChI is InChI=1S/C11H14ClN5/c1-16(2)7-11-14-9(4-10(12)15-11)8-5-13-17(3)6-8/h4-6H,7H2,1-3H3. The van der Waals surface area contributed by atoms with Gasteiger partial charge in [0, 0.05) is 24.9 Å². The third-order valence-electron chi connectivity index (χ3n) is 2.20. The fourth-order valence-electron chi connectivity index (χ4n) is 1.52. The number of halogens is 1. The van der Waals surface area contributed by atoms with Gasteiger partial charge in [-0.3, -0.25) is 4.68 Å². The summed E-state index contributed by atoms with van der Waals surface area (Å²) in [6.07, 6.45) is 3.66. The summed E-state index contributed by atoms with van der Waals surface area (Å²) in [6.45, 7) is 0.661. The molecule has 0 saturated heterocycles. The normalized spacial score (nSPS) is 11.1. The second-order valence-corrected chi connectivity index (χ2v) is 4.52. The van der Waals surface area contributed by atoms with E-state index in [4.69, 9.17) is 11.6 Å². The molecule has 0 aliphatic carbocycles. The minimum absolute atomic E-state index is 0.454. The first kappa shape index (κ1) is 12.0. The second-order valence-electron chi connectivity index (χ2n) is 4.13. The van der Waals surface area contributed by atoms with Crippen LogP contribution in [0, 0.1) is 0 Å². The second kappa shape index (κ2) is 4.81. The highest BCUT2D eigenvalue weighted by molar-refractivity contribution is 6.29. The van der Waals surface area contributed by atoms with Crippen molar-refractivity contribution >= 4 is 11.6 Å². The van der Waals surface area contributed by atoms with Crippen molar-refractivity contribution in [2.45, 2.75) is 6.54 Å². The first-order valence-corrected chi connectivity index (χ1v) is 5.59. The quantitative estimate of drug-likeness (QED) is 0.778. The zero-order chi connectivity index (χ0) is 12.4. The predicted octanol–water partition coefficient (Wildman–Crippen LogP) is 1.59. The molecule has 0 N–H and O–H groups in total. The van der Waals surface area contributed by atoms with Crippen molar-refractivity contribution < 1.29 is 0 Å². The van der Waals surface area contributed by atoms with Gasteiger partial charge >= 0.3 is 0 Å². The Morgan fingerprint density at radius 2 is 2.12 bits per heavy atom. The van der Waals surface area contributed by atoms with Crippen LogP contribution in [0.5, 0.6) is 0 Å². The van der Waals surface area contributed by atoms with Gasteiger partial charge in [-0.2, -0.15) is 5.10 Å². The lowest BCUT2D eigenvalue weighted by atomic mass is 10.2. The Morgan fingerprint density at radius 3 is 2.71 bits per heavy atom. The van der Waals surface area contributed by atoms with Gasteiger partial charge < -0.3 is 4.90 Å². The fraction of sp³-hybridized carbons (Fsp3) is 0.364. The van der Waals surface area contributed by atoms with Gasteiger partial charge in [0.2, 0.25) is 0 Å². The van der Waals surface area contributed by atoms with E-state index in [-0.39, 0.29) is 0 Å². The molecule has 0 saturated carbocycles. The largest absolute Gasteiger partial charge is 0.302 e. The molecule has 0 bridgehead atoms. The van der Waals surface area contributed by atoms with Gasteiger partial charge in [0.1, 0.15) is 11.0 Å². The molecule has 2 aromatic rings. The van der Waals surface area contributed by atoms with Crippen molar-refractivity contribution in [2.24, 2.45) is 7.05 Å². The Labute approximate surface area is 105 Å². The van der Waals surface area contributed by atoms with Crippen LogP contribution in [0.15, 0.2) is 18.5 Å². The SMILES string of the molecule is CN(C)Cc1nc(Cl)cc(-c2cnn(C)c2)n1. The Balaban J connectivity index is 2.37. The van der Waals surface area contributed by atoms with Crippen LogP contribution >= 0.6 is 11.6 Å². The number of hydrogen-bond donors (Lipinski definition) is 0. The number of aryl methyl sites for hydroxylation is 1. The molecule has 0 aliphatic rings. The van der Waals surface area contributed by atoms with Crippen molar-refractivity contribution in [1.82, 2.24) is 24.6 Å². The molecule has 0 atom stereocenters. The van der Waals surface area contributed by atoms with E-state index in [1.807, 2.05) is 32.2 Å². The van der Waals surface area contributed by atoms with Gasteiger partial charge in [-0.15, -0.1) is 0 Å². The Bertz CT molecular complexity index is 520. The molecule has 0 amide bonds. The third-order valence-corrected chi connectivity index (χ3v) is 2.39. The monoisotopic (exact) mass is 251 g/mol. The average Bonchev–Trinajstić information content (AvgIpc) is 2.62. The molecular weight excluding hydrogens is 238 g/mol. The van der Waals surface area contributed by atoms with Crippen LogP contribution in [0.2, 0.25) is 5.15 Å². The molecule has 0 aliphatic heterocycles. The van der Waals surface area contributed by atoms with E-state index < -0.39 is 0 Å². The molecule has 6 heteroatoms. The summed E-state index contributed by atoms with van der Waals surface area (Å²) in [6, 6.07) is 1.75. The minimum Gasteiger partial charge on any atom is -0.302 e. The molecule has 0 unspecified atom stereocenters. The summed E-state index contributed by atoms with van der Waals surface area (Å²) in [7, 11) is 5.80. The lowest BCUT2D eigenvalue weighted by Gasteiger charge is -2.09. The van der Waals surface area contributed by atoms with Crippen molar-refractivity contribution in [3.8, 4) is 11.3 Å². The number of nitrogens with zero attached hydrogens (tertiary/aromatic N) is 5. The van der Waals surface area contributed by atoms with E-state index in [1.54, 1.807) is 16.9 Å². The van der Waals surface area contributed by atoms with Gasteiger partial charge in [-0.25, -0.2) is 9.97 Å². The summed E-state index contributed by atoms with van der Waals surface area (Å²) in [5, 5.41) is 4.57. The van der Waals surface area contributed by atoms with Crippen LogP contribution in [0.1, 0.15) is 5.82 Å². The summed E-state index contributed by atoms with van der Waals surface area (Å²) in [5.74, 6) is 0.710. The molecule has 2 aromatic heterocycles. The van der Waals surface area contributed by atoms with E-state index in [1.165, 1.54) is 0 Å². The van der Waals surface area contributed by atoms with Crippen molar-refractivity contribution in [1.29, 1.82) is 0 Å². The molecule has 0 radical (unpaired) electrons. The molecular formula is C11H14ClN5. The Kier molecular flexibility index (Phi) is 3.40. The van der Waals surface area contributed by atoms with Crippen LogP contribution in [0.25, 0.3) is 11.3 Å². The van der Waals surface area contributed by atoms with Gasteiger partial charge in [0.25, 0.3) is 0 Å². The highest BCUT2D eigenvalue weighted by Crippen LogP contribution is 2.19. The summed E-state index contributed by atoms with van der Waals surface area (Å²) < 4.78 is 1.73. The molecule has 0 spiro atoms. The minimum atomic E-state index is 0.454. The first-order valence-electron chi connectivity index (χ1n) is 5.22. The molecule has 17 heavy (non-hydrogen) atoms. The molecule has 2 heterocycles. The van der Waals surface area contributed by atoms with E-state index >= 15 is 0 Å². The van der Waals surface area contributed by atoms with E-state index in [0.29, 0.717) is 17.5 Å². The molecule has 0 aromatic carbocycles. The van der Waals surface area contributed by atoms with E-state index in [2.05, 4.69) is 15.1 Å². The van der Waals surface area contributed by atoms with Gasteiger partial charge in [0.05, 0.1) is 18.4 Å². The maximum atomic E-state index is 5.99. The van der Waals surface area contributed by atoms with Gasteiger partial charge in [0.15, 0.2) is 0 Å². The fourth-order valence-corrected chi connectivity index (χ4v) is 1.72. The summed E-state index contributed by atoms with van der Waals surface area (Å²) >= 11 is 5.99. The summed E-state index contributed by atoms with van der Waals surface area (Å²) in [4.78, 5) is 10.7. The lowest BCUT2D eigenvalue weighted by molar-refractivity contribution is 0.390. The molecule has 0 fully saturated rings. The lowest BCUT2D eigenvalue weighted by Crippen LogP contribution is -2.13. The zero-order valence-electron chi connectivity index (χ0n) is 10.1. The predicted molar refractivity (Wildman–Crippen MR) is 66.6 cm³/mol. The topological polar surface area (TPSA) is 46.8 Å². The average molecular weight is 252 g/mol. The Morgan fingerprint density at radius 1 is 1.35 bits per heavy atom.